The van der Waals surface area contributed by atoms with Gasteiger partial charge in [-0.1, -0.05) is 18.2 Å². The maximum Gasteiger partial charge on any atom is 0.131 e. The van der Waals surface area contributed by atoms with E-state index in [1.54, 1.807) is 19.1 Å². The highest BCUT2D eigenvalue weighted by atomic mass is 19.1. The van der Waals surface area contributed by atoms with Crippen LogP contribution in [0.25, 0.3) is 11.1 Å². The summed E-state index contributed by atoms with van der Waals surface area (Å²) in [7, 11) is 0. The smallest absolute Gasteiger partial charge is 0.131 e. The van der Waals surface area contributed by atoms with Crippen LogP contribution in [-0.4, -0.2) is 0 Å². The molecule has 2 heteroatoms. The van der Waals surface area contributed by atoms with Crippen LogP contribution in [0.2, 0.25) is 0 Å². The van der Waals surface area contributed by atoms with Crippen LogP contribution in [0.5, 0.6) is 0 Å². The fourth-order valence-corrected chi connectivity index (χ4v) is 1.55. The van der Waals surface area contributed by atoms with E-state index in [0.29, 0.717) is 11.1 Å². The average molecular weight is 203 g/mol. The topological polar surface area (TPSA) is 0 Å². The van der Waals surface area contributed by atoms with Crippen molar-refractivity contribution >= 4 is 0 Å². The Bertz CT molecular complexity index is 452. The van der Waals surface area contributed by atoms with E-state index in [1.165, 1.54) is 24.3 Å². The van der Waals surface area contributed by atoms with Gasteiger partial charge in [0, 0.05) is 5.56 Å². The zero-order valence-electron chi connectivity index (χ0n) is 8.22. The number of hydrogen-bond donors (Lipinski definition) is 0. The molecule has 0 aliphatic heterocycles. The van der Waals surface area contributed by atoms with Crippen molar-refractivity contribution in [2.45, 2.75) is 6.92 Å². The van der Waals surface area contributed by atoms with E-state index in [-0.39, 0.29) is 11.6 Å². The molecule has 0 aliphatic carbocycles. The van der Waals surface area contributed by atoms with Crippen LogP contribution < -0.4 is 0 Å². The summed E-state index contributed by atoms with van der Waals surface area (Å²) in [6, 6.07) is 11.6. The summed E-state index contributed by atoms with van der Waals surface area (Å²) in [5.74, 6) is -0.630. The van der Waals surface area contributed by atoms with Crippen molar-refractivity contribution in [2.75, 3.05) is 0 Å². The van der Waals surface area contributed by atoms with Crippen molar-refractivity contribution < 1.29 is 8.78 Å². The number of rotatable bonds is 1. The third-order valence-electron chi connectivity index (χ3n) is 2.28. The monoisotopic (exact) mass is 203 g/mol. The van der Waals surface area contributed by atoms with E-state index >= 15 is 0 Å². The predicted molar refractivity (Wildman–Crippen MR) is 55.4 cm³/mol. The number of aryl methyl sites for hydroxylation is 1. The third-order valence-corrected chi connectivity index (χ3v) is 2.28. The lowest BCUT2D eigenvalue weighted by molar-refractivity contribution is 0.625. The van der Waals surface area contributed by atoms with Gasteiger partial charge in [0.25, 0.3) is 0 Å². The van der Waals surface area contributed by atoms with Crippen molar-refractivity contribution in [1.29, 1.82) is 0 Å². The molecule has 15 heavy (non-hydrogen) atoms. The van der Waals surface area contributed by atoms with Crippen molar-refractivity contribution in [3.05, 3.63) is 59.7 Å². The molecule has 2 aromatic carbocycles. The summed E-state index contributed by atoms with van der Waals surface area (Å²) < 4.78 is 26.2. The van der Waals surface area contributed by atoms with E-state index in [2.05, 4.69) is 6.07 Å². The zero-order valence-corrected chi connectivity index (χ0v) is 8.22. The van der Waals surface area contributed by atoms with Crippen molar-refractivity contribution in [3.8, 4) is 11.1 Å². The van der Waals surface area contributed by atoms with Crippen LogP contribution in [0.4, 0.5) is 8.78 Å². The van der Waals surface area contributed by atoms with E-state index in [1.807, 2.05) is 0 Å². The molecule has 0 nitrogen and oxygen atoms in total. The molecule has 0 bridgehead atoms. The molecule has 0 aromatic heterocycles. The summed E-state index contributed by atoms with van der Waals surface area (Å²) in [5.41, 5.74) is 1.88. The Morgan fingerprint density at radius 1 is 1.00 bits per heavy atom. The summed E-state index contributed by atoms with van der Waals surface area (Å²) in [5, 5.41) is 0. The van der Waals surface area contributed by atoms with Crippen molar-refractivity contribution in [2.24, 2.45) is 0 Å². The Morgan fingerprint density at radius 3 is 2.27 bits per heavy atom. The first-order valence-electron chi connectivity index (χ1n) is 4.61. The second-order valence-corrected chi connectivity index (χ2v) is 3.33. The van der Waals surface area contributed by atoms with Gasteiger partial charge in [-0.2, -0.15) is 0 Å². The molecule has 0 saturated carbocycles. The SMILES string of the molecule is Cc1[c]ccc(F)c1-c1ccc(F)cc1. The molecule has 0 saturated heterocycles. The standard InChI is InChI=1S/C13H9F2/c1-9-3-2-4-12(15)13(9)10-5-7-11(14)8-6-10/h2,4-8H,1H3. The molecule has 0 unspecified atom stereocenters. The van der Waals surface area contributed by atoms with E-state index in [0.717, 1.165) is 5.56 Å². The van der Waals surface area contributed by atoms with Crippen molar-refractivity contribution in [3.63, 3.8) is 0 Å². The fourth-order valence-electron chi connectivity index (χ4n) is 1.55. The molecule has 0 fully saturated rings. The summed E-state index contributed by atoms with van der Waals surface area (Å²) in [4.78, 5) is 0. The van der Waals surface area contributed by atoms with Crippen molar-refractivity contribution in [1.82, 2.24) is 0 Å². The van der Waals surface area contributed by atoms with Gasteiger partial charge in [-0.15, -0.1) is 0 Å². The van der Waals surface area contributed by atoms with Gasteiger partial charge in [0.05, 0.1) is 0 Å². The Hall–Kier alpha value is -1.70. The maximum absolute atomic E-state index is 13.5. The Morgan fingerprint density at radius 2 is 1.67 bits per heavy atom. The quantitative estimate of drug-likeness (QED) is 0.662. The molecular formula is C13H9F2. The van der Waals surface area contributed by atoms with Gasteiger partial charge in [-0.3, -0.25) is 0 Å². The molecule has 1 radical (unpaired) electrons. The zero-order chi connectivity index (χ0) is 10.8. The van der Waals surface area contributed by atoms with Gasteiger partial charge >= 0.3 is 0 Å². The average Bonchev–Trinajstić information content (AvgIpc) is 2.20. The number of halogens is 2. The molecule has 0 atom stereocenters. The highest BCUT2D eigenvalue weighted by molar-refractivity contribution is 5.67. The van der Waals surface area contributed by atoms with Crippen LogP contribution in [0.1, 0.15) is 5.56 Å². The van der Waals surface area contributed by atoms with E-state index < -0.39 is 0 Å². The molecule has 2 rings (SSSR count). The number of benzene rings is 2. The first kappa shape index (κ1) is 9.84. The number of hydrogen-bond acceptors (Lipinski definition) is 0. The largest absolute Gasteiger partial charge is 0.207 e. The molecule has 2 aromatic rings. The minimum absolute atomic E-state index is 0.308. The molecule has 0 amide bonds. The molecule has 0 aliphatic rings. The third kappa shape index (κ3) is 1.89. The van der Waals surface area contributed by atoms with E-state index in [4.69, 9.17) is 0 Å². The summed E-state index contributed by atoms with van der Waals surface area (Å²) >= 11 is 0. The van der Waals surface area contributed by atoms with Crippen LogP contribution in [-0.2, 0) is 0 Å². The first-order valence-corrected chi connectivity index (χ1v) is 4.61. The fraction of sp³-hybridized carbons (Fsp3) is 0.0769. The van der Waals surface area contributed by atoms with Crippen LogP contribution in [0, 0.1) is 24.6 Å². The summed E-state index contributed by atoms with van der Waals surface area (Å²) in [6.45, 7) is 1.78. The van der Waals surface area contributed by atoms with Gasteiger partial charge < -0.3 is 0 Å². The molecular weight excluding hydrogens is 194 g/mol. The lowest BCUT2D eigenvalue weighted by Crippen LogP contribution is -1.88. The molecule has 0 heterocycles. The van der Waals surface area contributed by atoms with Gasteiger partial charge in [0.15, 0.2) is 0 Å². The second-order valence-electron chi connectivity index (χ2n) is 3.33. The van der Waals surface area contributed by atoms with Crippen LogP contribution in [0.15, 0.2) is 36.4 Å². The Balaban J connectivity index is 2.58. The molecule has 75 valence electrons. The minimum Gasteiger partial charge on any atom is -0.207 e. The predicted octanol–water partition coefficient (Wildman–Crippen LogP) is 3.74. The lowest BCUT2D eigenvalue weighted by Gasteiger charge is -2.06. The Kier molecular flexibility index (Phi) is 2.50. The normalized spacial score (nSPS) is 10.3. The minimum atomic E-state index is -0.322. The lowest BCUT2D eigenvalue weighted by atomic mass is 10.0. The van der Waals surface area contributed by atoms with E-state index in [9.17, 15) is 8.78 Å². The van der Waals surface area contributed by atoms with Crippen LogP contribution in [0.3, 0.4) is 0 Å². The van der Waals surface area contributed by atoms with Crippen LogP contribution >= 0.6 is 0 Å². The highest BCUT2D eigenvalue weighted by Crippen LogP contribution is 2.25. The molecule has 0 spiro atoms. The van der Waals surface area contributed by atoms with Gasteiger partial charge in [-0.25, -0.2) is 8.78 Å². The van der Waals surface area contributed by atoms with Gasteiger partial charge in [0.2, 0.25) is 0 Å². The highest BCUT2D eigenvalue weighted by Gasteiger charge is 2.07. The van der Waals surface area contributed by atoms with Gasteiger partial charge in [-0.05, 0) is 42.3 Å². The Labute approximate surface area is 87.2 Å². The molecule has 0 N–H and O–H groups in total. The van der Waals surface area contributed by atoms with Gasteiger partial charge in [0.1, 0.15) is 11.6 Å². The summed E-state index contributed by atoms with van der Waals surface area (Å²) in [6.07, 6.45) is 0. The first-order chi connectivity index (χ1) is 7.18. The second kappa shape index (κ2) is 3.81. The maximum atomic E-state index is 13.5.